The highest BCUT2D eigenvalue weighted by Gasteiger charge is 2.20. The molecule has 0 radical (unpaired) electrons. The molecule has 0 saturated heterocycles. The first-order valence-electron chi connectivity index (χ1n) is 7.04. The first-order chi connectivity index (χ1) is 11.6. The van der Waals surface area contributed by atoms with E-state index in [1.54, 1.807) is 0 Å². The van der Waals surface area contributed by atoms with Crippen molar-refractivity contribution in [2.75, 3.05) is 12.0 Å². The van der Waals surface area contributed by atoms with E-state index in [1.807, 2.05) is 24.3 Å². The van der Waals surface area contributed by atoms with E-state index < -0.39 is 15.5 Å². The summed E-state index contributed by atoms with van der Waals surface area (Å²) in [7, 11) is 0. The number of nitro benzene ring substituents is 2. The Morgan fingerprint density at radius 2 is 1.88 bits per heavy atom. The molecule has 3 rings (SSSR count). The van der Waals surface area contributed by atoms with Gasteiger partial charge in [0.05, 0.1) is 28.2 Å². The maximum Gasteiger partial charge on any atom is 0.301 e. The summed E-state index contributed by atoms with van der Waals surface area (Å²) in [5.74, 6) is 0.697. The Labute approximate surface area is 135 Å². The maximum atomic E-state index is 11.1. The molecule has 1 N–H and O–H groups in total. The lowest BCUT2D eigenvalue weighted by atomic mass is 10.0. The highest BCUT2D eigenvalue weighted by atomic mass is 16.6. The molecule has 0 aromatic heterocycles. The monoisotopic (exact) mass is 328 g/mol. The summed E-state index contributed by atoms with van der Waals surface area (Å²) >= 11 is 0. The van der Waals surface area contributed by atoms with Crippen molar-refractivity contribution in [3.8, 4) is 5.75 Å². The number of para-hydroxylation sites is 1. The molecule has 1 aliphatic heterocycles. The molecule has 9 heteroatoms. The van der Waals surface area contributed by atoms with Gasteiger partial charge in [-0.1, -0.05) is 12.1 Å². The Kier molecular flexibility index (Phi) is 4.06. The third-order valence-electron chi connectivity index (χ3n) is 3.49. The molecule has 0 spiro atoms. The smallest absolute Gasteiger partial charge is 0.301 e. The SMILES string of the molecule is O=[N+]([O-])c1ccc(NN=C2CCOc3ccccc32)c([N+](=O)[O-])c1. The number of rotatable bonds is 4. The van der Waals surface area contributed by atoms with Gasteiger partial charge in [-0.2, -0.15) is 5.10 Å². The predicted octanol–water partition coefficient (Wildman–Crippen LogP) is 3.10. The van der Waals surface area contributed by atoms with Crippen molar-refractivity contribution in [1.82, 2.24) is 0 Å². The Balaban J connectivity index is 1.92. The molecule has 1 heterocycles. The number of non-ortho nitro benzene ring substituents is 1. The van der Waals surface area contributed by atoms with Crippen LogP contribution in [-0.4, -0.2) is 22.2 Å². The summed E-state index contributed by atoms with van der Waals surface area (Å²) in [5.41, 5.74) is 3.47. The van der Waals surface area contributed by atoms with Crippen LogP contribution in [0, 0.1) is 20.2 Å². The molecule has 2 aromatic carbocycles. The second-order valence-electron chi connectivity index (χ2n) is 4.98. The van der Waals surface area contributed by atoms with Gasteiger partial charge >= 0.3 is 5.69 Å². The first-order valence-corrected chi connectivity index (χ1v) is 7.04. The van der Waals surface area contributed by atoms with Gasteiger partial charge in [0.15, 0.2) is 0 Å². The van der Waals surface area contributed by atoms with Crippen LogP contribution in [0.1, 0.15) is 12.0 Å². The molecule has 24 heavy (non-hydrogen) atoms. The molecule has 0 aliphatic carbocycles. The van der Waals surface area contributed by atoms with Gasteiger partial charge in [0.1, 0.15) is 11.4 Å². The average Bonchev–Trinajstić information content (AvgIpc) is 2.59. The molecule has 1 aliphatic rings. The van der Waals surface area contributed by atoms with E-state index in [-0.39, 0.29) is 11.4 Å². The summed E-state index contributed by atoms with van der Waals surface area (Å²) < 4.78 is 5.52. The molecular formula is C15H12N4O5. The number of ether oxygens (including phenoxy) is 1. The quantitative estimate of drug-likeness (QED) is 0.680. The molecule has 0 bridgehead atoms. The zero-order valence-corrected chi connectivity index (χ0v) is 12.3. The fourth-order valence-corrected chi connectivity index (χ4v) is 2.35. The number of nitro groups is 2. The Morgan fingerprint density at radius 1 is 1.08 bits per heavy atom. The lowest BCUT2D eigenvalue weighted by molar-refractivity contribution is -0.393. The fraction of sp³-hybridized carbons (Fsp3) is 0.133. The van der Waals surface area contributed by atoms with E-state index in [1.165, 1.54) is 12.1 Å². The largest absolute Gasteiger partial charge is 0.492 e. The number of hydrogen-bond acceptors (Lipinski definition) is 7. The number of nitrogens with zero attached hydrogens (tertiary/aromatic N) is 3. The van der Waals surface area contributed by atoms with Crippen LogP contribution >= 0.6 is 0 Å². The van der Waals surface area contributed by atoms with Gasteiger partial charge in [-0.3, -0.25) is 25.7 Å². The Hall–Kier alpha value is -3.49. The molecule has 9 nitrogen and oxygen atoms in total. The standard InChI is InChI=1S/C15H12N4O5/c20-18(21)10-5-6-13(14(9-10)19(22)23)17-16-12-7-8-24-15-4-2-1-3-11(12)15/h1-6,9,17H,7-8H2. The summed E-state index contributed by atoms with van der Waals surface area (Å²) in [5, 5.41) is 26.1. The van der Waals surface area contributed by atoms with Crippen molar-refractivity contribution in [3.05, 3.63) is 68.3 Å². The van der Waals surface area contributed by atoms with E-state index in [2.05, 4.69) is 10.5 Å². The fourth-order valence-electron chi connectivity index (χ4n) is 2.35. The van der Waals surface area contributed by atoms with E-state index >= 15 is 0 Å². The van der Waals surface area contributed by atoms with Gasteiger partial charge in [0.2, 0.25) is 0 Å². The van der Waals surface area contributed by atoms with Crippen LogP contribution in [0.5, 0.6) is 5.75 Å². The second-order valence-corrected chi connectivity index (χ2v) is 4.98. The van der Waals surface area contributed by atoms with Crippen molar-refractivity contribution in [1.29, 1.82) is 0 Å². The number of fused-ring (bicyclic) bond motifs is 1. The molecule has 0 saturated carbocycles. The van der Waals surface area contributed by atoms with Crippen LogP contribution in [0.25, 0.3) is 0 Å². The number of anilines is 1. The minimum atomic E-state index is -0.687. The maximum absolute atomic E-state index is 11.1. The number of benzene rings is 2. The summed E-state index contributed by atoms with van der Waals surface area (Å²) in [6.07, 6.45) is 0.546. The van der Waals surface area contributed by atoms with Crippen molar-refractivity contribution in [3.63, 3.8) is 0 Å². The zero-order valence-electron chi connectivity index (χ0n) is 12.3. The van der Waals surface area contributed by atoms with E-state index in [4.69, 9.17) is 4.74 Å². The molecular weight excluding hydrogens is 316 g/mol. The Bertz CT molecular complexity index is 850. The highest BCUT2D eigenvalue weighted by molar-refractivity contribution is 6.04. The number of hydrazone groups is 1. The van der Waals surface area contributed by atoms with Crippen LogP contribution in [0.2, 0.25) is 0 Å². The van der Waals surface area contributed by atoms with Gasteiger partial charge in [0.25, 0.3) is 5.69 Å². The molecule has 0 unspecified atom stereocenters. The van der Waals surface area contributed by atoms with Gasteiger partial charge in [-0.05, 0) is 18.2 Å². The summed E-state index contributed by atoms with van der Waals surface area (Å²) in [6.45, 7) is 0.458. The summed E-state index contributed by atoms with van der Waals surface area (Å²) in [4.78, 5) is 20.5. The van der Waals surface area contributed by atoms with Crippen molar-refractivity contribution >= 4 is 22.8 Å². The molecule has 0 atom stereocenters. The Morgan fingerprint density at radius 3 is 2.62 bits per heavy atom. The van der Waals surface area contributed by atoms with E-state index in [0.29, 0.717) is 24.5 Å². The van der Waals surface area contributed by atoms with Crippen LogP contribution in [0.3, 0.4) is 0 Å². The topological polar surface area (TPSA) is 120 Å². The van der Waals surface area contributed by atoms with Gasteiger partial charge in [0, 0.05) is 18.1 Å². The van der Waals surface area contributed by atoms with Gasteiger partial charge in [-0.25, -0.2) is 0 Å². The lowest BCUT2D eigenvalue weighted by Gasteiger charge is -2.18. The third-order valence-corrected chi connectivity index (χ3v) is 3.49. The molecule has 2 aromatic rings. The predicted molar refractivity (Wildman–Crippen MR) is 86.5 cm³/mol. The van der Waals surface area contributed by atoms with Crippen LogP contribution < -0.4 is 10.2 Å². The number of nitrogens with one attached hydrogen (secondary N) is 1. The lowest BCUT2D eigenvalue weighted by Crippen LogP contribution is -2.17. The number of hydrogen-bond donors (Lipinski definition) is 1. The molecule has 0 fully saturated rings. The second kappa shape index (κ2) is 6.32. The molecule has 0 amide bonds. The minimum Gasteiger partial charge on any atom is -0.492 e. The zero-order chi connectivity index (χ0) is 17.1. The van der Waals surface area contributed by atoms with Gasteiger partial charge < -0.3 is 4.74 Å². The van der Waals surface area contributed by atoms with Crippen molar-refractivity contribution in [2.45, 2.75) is 6.42 Å². The molecule has 122 valence electrons. The van der Waals surface area contributed by atoms with E-state index in [0.717, 1.165) is 11.6 Å². The normalized spacial score (nSPS) is 14.6. The van der Waals surface area contributed by atoms with Crippen molar-refractivity contribution in [2.24, 2.45) is 5.10 Å². The minimum absolute atomic E-state index is 0.0853. The van der Waals surface area contributed by atoms with Crippen LogP contribution in [0.4, 0.5) is 17.1 Å². The average molecular weight is 328 g/mol. The van der Waals surface area contributed by atoms with E-state index in [9.17, 15) is 20.2 Å². The van der Waals surface area contributed by atoms with Crippen LogP contribution in [-0.2, 0) is 0 Å². The third kappa shape index (κ3) is 3.00. The van der Waals surface area contributed by atoms with Crippen LogP contribution in [0.15, 0.2) is 47.6 Å². The highest BCUT2D eigenvalue weighted by Crippen LogP contribution is 2.30. The summed E-state index contributed by atoms with van der Waals surface area (Å²) in [6, 6.07) is 10.7. The first kappa shape index (κ1) is 15.4. The van der Waals surface area contributed by atoms with Crippen molar-refractivity contribution < 1.29 is 14.6 Å². The van der Waals surface area contributed by atoms with Gasteiger partial charge in [-0.15, -0.1) is 0 Å².